The maximum absolute atomic E-state index is 12.3. The van der Waals surface area contributed by atoms with Crippen molar-refractivity contribution in [2.45, 2.75) is 84.0 Å². The molecule has 138 valence electrons. The first kappa shape index (κ1) is 19.7. The van der Waals surface area contributed by atoms with Crippen molar-refractivity contribution in [2.75, 3.05) is 6.54 Å². The Labute approximate surface area is 152 Å². The lowest BCUT2D eigenvalue weighted by Crippen LogP contribution is -2.24. The van der Waals surface area contributed by atoms with Crippen molar-refractivity contribution in [2.24, 2.45) is 0 Å². The Kier molecular flexibility index (Phi) is 8.71. The number of unbranched alkanes of at least 4 members (excludes halogenated alkanes) is 5. The zero-order chi connectivity index (χ0) is 17.9. The molecule has 0 spiro atoms. The van der Waals surface area contributed by atoms with Crippen LogP contribution in [0.25, 0.3) is 0 Å². The van der Waals surface area contributed by atoms with Crippen LogP contribution in [0.3, 0.4) is 0 Å². The first-order valence-electron chi connectivity index (χ1n) is 10.1. The molecule has 2 rings (SSSR count). The van der Waals surface area contributed by atoms with Gasteiger partial charge in [-0.25, -0.2) is 0 Å². The van der Waals surface area contributed by atoms with E-state index in [1.807, 2.05) is 12.1 Å². The molecule has 0 aromatic heterocycles. The summed E-state index contributed by atoms with van der Waals surface area (Å²) in [4.78, 5) is 24.2. The number of fused-ring (bicyclic) bond motifs is 1. The van der Waals surface area contributed by atoms with Gasteiger partial charge >= 0.3 is 0 Å². The predicted molar refractivity (Wildman–Crippen MR) is 103 cm³/mol. The average molecular weight is 344 g/mol. The van der Waals surface area contributed by atoms with Crippen LogP contribution in [0.2, 0.25) is 0 Å². The second-order valence-electron chi connectivity index (χ2n) is 7.23. The van der Waals surface area contributed by atoms with Crippen molar-refractivity contribution in [1.82, 2.24) is 5.32 Å². The van der Waals surface area contributed by atoms with E-state index >= 15 is 0 Å². The second-order valence-corrected chi connectivity index (χ2v) is 7.23. The minimum atomic E-state index is -0.000122. The Bertz CT molecular complexity index is 565. The van der Waals surface area contributed by atoms with Gasteiger partial charge in [0, 0.05) is 24.9 Å². The van der Waals surface area contributed by atoms with Crippen LogP contribution in [0.4, 0.5) is 0 Å². The average Bonchev–Trinajstić information content (AvgIpc) is 2.65. The van der Waals surface area contributed by atoms with Gasteiger partial charge in [-0.3, -0.25) is 9.59 Å². The Hall–Kier alpha value is -1.64. The lowest BCUT2D eigenvalue weighted by Gasteiger charge is -2.16. The topological polar surface area (TPSA) is 46.2 Å². The van der Waals surface area contributed by atoms with Gasteiger partial charge in [-0.15, -0.1) is 0 Å². The van der Waals surface area contributed by atoms with Crippen molar-refractivity contribution in [3.63, 3.8) is 0 Å². The summed E-state index contributed by atoms with van der Waals surface area (Å²) in [5, 5.41) is 2.94. The summed E-state index contributed by atoms with van der Waals surface area (Å²) in [5.74, 6) is 0.0861. The molecule has 0 atom stereocenters. The number of carbonyl (C=O) groups excluding carboxylic acids is 2. The smallest absolute Gasteiger partial charge is 0.220 e. The number of carbonyl (C=O) groups is 2. The molecule has 1 aliphatic rings. The van der Waals surface area contributed by atoms with E-state index in [0.717, 1.165) is 31.4 Å². The fraction of sp³-hybridized carbons (Fsp3) is 0.636. The number of hydrogen-bond donors (Lipinski definition) is 1. The van der Waals surface area contributed by atoms with E-state index in [1.54, 1.807) is 0 Å². The number of ketones is 1. The van der Waals surface area contributed by atoms with Gasteiger partial charge in [0.1, 0.15) is 0 Å². The zero-order valence-corrected chi connectivity index (χ0v) is 15.7. The van der Waals surface area contributed by atoms with E-state index in [9.17, 15) is 9.59 Å². The zero-order valence-electron chi connectivity index (χ0n) is 15.7. The molecule has 0 unspecified atom stereocenters. The third kappa shape index (κ3) is 7.01. The van der Waals surface area contributed by atoms with Crippen LogP contribution in [-0.4, -0.2) is 18.2 Å². The van der Waals surface area contributed by atoms with Crippen LogP contribution in [0, 0.1) is 0 Å². The molecule has 1 amide bonds. The fourth-order valence-electron chi connectivity index (χ4n) is 3.50. The highest BCUT2D eigenvalue weighted by atomic mass is 16.2. The van der Waals surface area contributed by atoms with E-state index in [0.29, 0.717) is 12.8 Å². The summed E-state index contributed by atoms with van der Waals surface area (Å²) in [6.45, 7) is 2.95. The Balaban J connectivity index is 1.63. The third-order valence-electron chi connectivity index (χ3n) is 5.10. The first-order chi connectivity index (χ1) is 12.2. The van der Waals surface area contributed by atoms with Gasteiger partial charge in [0.15, 0.2) is 5.78 Å². The van der Waals surface area contributed by atoms with Crippen LogP contribution < -0.4 is 5.32 Å². The van der Waals surface area contributed by atoms with Gasteiger partial charge < -0.3 is 5.32 Å². The maximum atomic E-state index is 12.3. The van der Waals surface area contributed by atoms with E-state index in [4.69, 9.17) is 0 Å². The van der Waals surface area contributed by atoms with Gasteiger partial charge in [-0.2, -0.15) is 0 Å². The standard InChI is InChI=1S/C22H33NO2/c1-2-3-4-5-6-9-16-23-22(25)15-14-21(24)20-13-12-18-10-7-8-11-19(18)17-20/h12-13,17H,2-11,14-16H2,1H3,(H,23,25). The van der Waals surface area contributed by atoms with Gasteiger partial charge in [-0.05, 0) is 49.3 Å². The quantitative estimate of drug-likeness (QED) is 0.454. The molecule has 0 heterocycles. The summed E-state index contributed by atoms with van der Waals surface area (Å²) >= 11 is 0. The SMILES string of the molecule is CCCCCCCCNC(=O)CCC(=O)c1ccc2c(c1)CCCC2. The van der Waals surface area contributed by atoms with Crippen LogP contribution in [0.5, 0.6) is 0 Å². The number of Topliss-reactive ketones (excluding diaryl/α,β-unsaturated/α-hetero) is 1. The molecular weight excluding hydrogens is 310 g/mol. The normalized spacial score (nSPS) is 13.3. The number of benzene rings is 1. The monoisotopic (exact) mass is 343 g/mol. The lowest BCUT2D eigenvalue weighted by atomic mass is 9.89. The van der Waals surface area contributed by atoms with Crippen molar-refractivity contribution >= 4 is 11.7 Å². The Morgan fingerprint density at radius 3 is 2.44 bits per heavy atom. The van der Waals surface area contributed by atoms with Crippen LogP contribution >= 0.6 is 0 Å². The van der Waals surface area contributed by atoms with Crippen LogP contribution in [-0.2, 0) is 17.6 Å². The van der Waals surface area contributed by atoms with Crippen molar-refractivity contribution in [3.05, 3.63) is 34.9 Å². The highest BCUT2D eigenvalue weighted by molar-refractivity contribution is 5.98. The molecule has 0 aliphatic heterocycles. The van der Waals surface area contributed by atoms with E-state index < -0.39 is 0 Å². The predicted octanol–water partition coefficient (Wildman–Crippen LogP) is 5.01. The summed E-state index contributed by atoms with van der Waals surface area (Å²) < 4.78 is 0. The van der Waals surface area contributed by atoms with E-state index in [2.05, 4.69) is 18.3 Å². The Morgan fingerprint density at radius 1 is 0.920 bits per heavy atom. The molecule has 0 saturated heterocycles. The van der Waals surface area contributed by atoms with E-state index in [1.165, 1.54) is 56.1 Å². The molecule has 1 aromatic carbocycles. The second kappa shape index (κ2) is 11.1. The largest absolute Gasteiger partial charge is 0.356 e. The van der Waals surface area contributed by atoms with Crippen molar-refractivity contribution in [3.8, 4) is 0 Å². The van der Waals surface area contributed by atoms with Gasteiger partial charge in [-0.1, -0.05) is 51.2 Å². The number of nitrogens with one attached hydrogen (secondary N) is 1. The molecular formula is C22H33NO2. The lowest BCUT2D eigenvalue weighted by molar-refractivity contribution is -0.121. The number of hydrogen-bond acceptors (Lipinski definition) is 2. The summed E-state index contributed by atoms with van der Waals surface area (Å²) in [5.41, 5.74) is 3.48. The molecule has 1 aromatic rings. The maximum Gasteiger partial charge on any atom is 0.220 e. The number of amides is 1. The Morgan fingerprint density at radius 2 is 1.64 bits per heavy atom. The molecule has 25 heavy (non-hydrogen) atoms. The van der Waals surface area contributed by atoms with E-state index in [-0.39, 0.29) is 11.7 Å². The highest BCUT2D eigenvalue weighted by Crippen LogP contribution is 2.22. The summed E-state index contributed by atoms with van der Waals surface area (Å²) in [6.07, 6.45) is 12.6. The molecule has 0 radical (unpaired) electrons. The molecule has 1 N–H and O–H groups in total. The summed E-state index contributed by atoms with van der Waals surface area (Å²) in [7, 11) is 0. The molecule has 3 nitrogen and oxygen atoms in total. The molecule has 0 fully saturated rings. The molecule has 0 saturated carbocycles. The molecule has 3 heteroatoms. The fourth-order valence-corrected chi connectivity index (χ4v) is 3.50. The van der Waals surface area contributed by atoms with Crippen LogP contribution in [0.15, 0.2) is 18.2 Å². The minimum absolute atomic E-state index is 0.000122. The number of rotatable bonds is 11. The minimum Gasteiger partial charge on any atom is -0.356 e. The van der Waals surface area contributed by atoms with Gasteiger partial charge in [0.25, 0.3) is 0 Å². The first-order valence-corrected chi connectivity index (χ1v) is 10.1. The molecule has 0 bridgehead atoms. The molecule has 1 aliphatic carbocycles. The number of aryl methyl sites for hydroxylation is 2. The highest BCUT2D eigenvalue weighted by Gasteiger charge is 2.14. The van der Waals surface area contributed by atoms with Crippen molar-refractivity contribution in [1.29, 1.82) is 0 Å². The van der Waals surface area contributed by atoms with Crippen LogP contribution in [0.1, 0.15) is 92.6 Å². The third-order valence-corrected chi connectivity index (χ3v) is 5.10. The van der Waals surface area contributed by atoms with Gasteiger partial charge in [0.05, 0.1) is 0 Å². The summed E-state index contributed by atoms with van der Waals surface area (Å²) in [6, 6.07) is 6.08. The van der Waals surface area contributed by atoms with Gasteiger partial charge in [0.2, 0.25) is 5.91 Å². The van der Waals surface area contributed by atoms with Crippen molar-refractivity contribution < 1.29 is 9.59 Å².